The topological polar surface area (TPSA) is 0 Å². The summed E-state index contributed by atoms with van der Waals surface area (Å²) >= 11 is -1.58. The molecule has 0 aliphatic heterocycles. The molecule has 0 spiro atoms. The van der Waals surface area contributed by atoms with Crippen LogP contribution in [0, 0.1) is 0 Å². The SMILES string of the molecule is [CH3][Po]([Cl])[Cl]. The molecule has 3 heteroatoms. The van der Waals surface area contributed by atoms with Gasteiger partial charge in [0.05, 0.1) is 0 Å². The molecular weight excluding hydrogens is 292 g/mol. The standard InChI is InChI=1S/CH3.2ClH.Po/h1H3;2*1H;/q;;;+2/p-2. The Balaban J connectivity index is 2.32. The molecule has 0 N–H and O–H groups in total. The number of hydrogen-bond donors (Lipinski definition) is 0. The van der Waals surface area contributed by atoms with Crippen molar-refractivity contribution in [2.24, 2.45) is 0 Å². The van der Waals surface area contributed by atoms with Gasteiger partial charge >= 0.3 is 41.1 Å². The Kier molecular flexibility index (Phi) is 3.70. The summed E-state index contributed by atoms with van der Waals surface area (Å²) in [6, 6.07) is 0. The van der Waals surface area contributed by atoms with Crippen LogP contribution in [-0.4, -0.2) is 19.7 Å². The van der Waals surface area contributed by atoms with Gasteiger partial charge in [-0.1, -0.05) is 0 Å². The average molecular weight is 295 g/mol. The zero-order valence-electron chi connectivity index (χ0n) is 2.16. The maximum absolute atomic E-state index is 5.23. The van der Waals surface area contributed by atoms with Crippen LogP contribution in [0.25, 0.3) is 0 Å². The Hall–Kier alpha value is 1.48. The van der Waals surface area contributed by atoms with Crippen molar-refractivity contribution in [1.29, 1.82) is 0 Å². The Morgan fingerprint density at radius 1 is 1.50 bits per heavy atom. The molecule has 0 unspecified atom stereocenters. The van der Waals surface area contributed by atoms with Crippen molar-refractivity contribution in [3.63, 3.8) is 0 Å². The van der Waals surface area contributed by atoms with E-state index in [4.69, 9.17) is 16.9 Å². The van der Waals surface area contributed by atoms with Crippen LogP contribution in [0.2, 0.25) is 4.58 Å². The quantitative estimate of drug-likeness (QED) is 0.636. The zero-order chi connectivity index (χ0) is 3.58. The molecule has 0 bridgehead atoms. The van der Waals surface area contributed by atoms with Gasteiger partial charge in [-0.15, -0.1) is 0 Å². The van der Waals surface area contributed by atoms with Crippen LogP contribution < -0.4 is 0 Å². The summed E-state index contributed by atoms with van der Waals surface area (Å²) < 4.78 is 1.89. The number of rotatable bonds is 0. The Labute approximate surface area is 41.0 Å². The number of halogens is 2. The van der Waals surface area contributed by atoms with E-state index in [2.05, 4.69) is 0 Å². The van der Waals surface area contributed by atoms with Gasteiger partial charge in [-0.3, -0.25) is 0 Å². The van der Waals surface area contributed by atoms with E-state index in [9.17, 15) is 0 Å². The molecule has 0 nitrogen and oxygen atoms in total. The van der Waals surface area contributed by atoms with Crippen molar-refractivity contribution < 1.29 is 0 Å². The molecule has 0 saturated carbocycles. The fraction of sp³-hybridized carbons (Fsp3) is 1.00. The minimum atomic E-state index is -1.58. The summed E-state index contributed by atoms with van der Waals surface area (Å²) in [6.45, 7) is 0. The molecule has 0 aromatic carbocycles. The first-order valence-corrected chi connectivity index (χ1v) is 11.7. The van der Waals surface area contributed by atoms with Crippen LogP contribution in [0.1, 0.15) is 0 Å². The molecular formula is CH3Cl2Po. The maximum atomic E-state index is 5.23. The van der Waals surface area contributed by atoms with E-state index < -0.39 is 19.7 Å². The predicted octanol–water partition coefficient (Wildman–Crippen LogP) is 1.58. The van der Waals surface area contributed by atoms with Gasteiger partial charge in [0.25, 0.3) is 0 Å². The molecule has 27 valence electrons. The second-order valence-corrected chi connectivity index (χ2v) is 12.7. The van der Waals surface area contributed by atoms with Crippen LogP contribution in [0.4, 0.5) is 0 Å². The van der Waals surface area contributed by atoms with E-state index in [0.717, 1.165) is 0 Å². The van der Waals surface area contributed by atoms with E-state index in [1.165, 1.54) is 0 Å². The summed E-state index contributed by atoms with van der Waals surface area (Å²) in [7, 11) is 10.5. The first-order valence-electron chi connectivity index (χ1n) is 0.717. The van der Waals surface area contributed by atoms with Crippen LogP contribution in [-0.2, 0) is 0 Å². The van der Waals surface area contributed by atoms with E-state index in [1.807, 2.05) is 4.58 Å². The summed E-state index contributed by atoms with van der Waals surface area (Å²) in [5.74, 6) is 0. The second kappa shape index (κ2) is 2.70. The normalized spacial score (nSPS) is 9.00. The van der Waals surface area contributed by atoms with E-state index in [-0.39, 0.29) is 0 Å². The summed E-state index contributed by atoms with van der Waals surface area (Å²) in [5.41, 5.74) is 0. The molecule has 0 atom stereocenters. The van der Waals surface area contributed by atoms with Crippen molar-refractivity contribution >= 4 is 36.6 Å². The summed E-state index contributed by atoms with van der Waals surface area (Å²) in [5, 5.41) is 0. The third-order valence-electron chi connectivity index (χ3n) is 0. The average Bonchev–Trinajstić information content (AvgIpc) is 0.811. The molecule has 0 heterocycles. The summed E-state index contributed by atoms with van der Waals surface area (Å²) in [4.78, 5) is 0. The van der Waals surface area contributed by atoms with Gasteiger partial charge in [-0.25, -0.2) is 0 Å². The molecule has 4 heavy (non-hydrogen) atoms. The Morgan fingerprint density at radius 2 is 1.50 bits per heavy atom. The molecule has 0 saturated heterocycles. The van der Waals surface area contributed by atoms with Crippen LogP contribution in [0.3, 0.4) is 0 Å². The first kappa shape index (κ1) is 5.48. The van der Waals surface area contributed by atoms with Gasteiger partial charge in [0, 0.05) is 0 Å². The predicted molar refractivity (Wildman–Crippen MR) is 23.3 cm³/mol. The van der Waals surface area contributed by atoms with Gasteiger partial charge in [-0.05, 0) is 0 Å². The fourth-order valence-electron chi connectivity index (χ4n) is 0. The molecule has 0 aliphatic carbocycles. The zero-order valence-corrected chi connectivity index (χ0v) is 6.85. The van der Waals surface area contributed by atoms with Gasteiger partial charge < -0.3 is 0 Å². The Morgan fingerprint density at radius 3 is 1.50 bits per heavy atom. The van der Waals surface area contributed by atoms with Gasteiger partial charge in [0.15, 0.2) is 0 Å². The van der Waals surface area contributed by atoms with Crippen molar-refractivity contribution in [2.45, 2.75) is 4.58 Å². The molecule has 0 aromatic heterocycles. The van der Waals surface area contributed by atoms with Gasteiger partial charge in [0.2, 0.25) is 0 Å². The minimum absolute atomic E-state index is 1.58. The second-order valence-electron chi connectivity index (χ2n) is 0.367. The number of hydrogen-bond acceptors (Lipinski definition) is 0. The molecule has 1 radical (unpaired) electrons. The van der Waals surface area contributed by atoms with Crippen LogP contribution in [0.15, 0.2) is 0 Å². The van der Waals surface area contributed by atoms with Gasteiger partial charge in [0.1, 0.15) is 0 Å². The third-order valence-corrected chi connectivity index (χ3v) is 0. The molecule has 0 aliphatic rings. The van der Waals surface area contributed by atoms with E-state index in [0.29, 0.717) is 0 Å². The summed E-state index contributed by atoms with van der Waals surface area (Å²) in [6.07, 6.45) is 0. The van der Waals surface area contributed by atoms with Crippen LogP contribution >= 0.6 is 16.9 Å². The molecule has 0 aromatic rings. The third kappa shape index (κ3) is 9.78. The van der Waals surface area contributed by atoms with E-state index in [1.54, 1.807) is 0 Å². The molecule has 0 fully saturated rings. The Bertz CT molecular complexity index is 10.8. The molecule has 0 rings (SSSR count). The fourth-order valence-corrected chi connectivity index (χ4v) is 0. The molecule has 0 amide bonds. The monoisotopic (exact) mass is 294 g/mol. The van der Waals surface area contributed by atoms with Crippen molar-refractivity contribution in [2.75, 3.05) is 0 Å². The van der Waals surface area contributed by atoms with Crippen molar-refractivity contribution in [3.05, 3.63) is 0 Å². The first-order chi connectivity index (χ1) is 1.73. The van der Waals surface area contributed by atoms with Gasteiger partial charge in [-0.2, -0.15) is 0 Å². The van der Waals surface area contributed by atoms with Crippen molar-refractivity contribution in [3.8, 4) is 0 Å². The van der Waals surface area contributed by atoms with Crippen molar-refractivity contribution in [1.82, 2.24) is 0 Å². The van der Waals surface area contributed by atoms with Crippen LogP contribution in [0.5, 0.6) is 0 Å². The van der Waals surface area contributed by atoms with E-state index >= 15 is 0 Å².